The van der Waals surface area contributed by atoms with Gasteiger partial charge in [0.25, 0.3) is 0 Å². The number of nitrogens with one attached hydrogen (secondary N) is 1. The maximum atomic E-state index is 9.58. The topological polar surface area (TPSA) is 67.5 Å². The van der Waals surface area contributed by atoms with Crippen LogP contribution in [0.3, 0.4) is 0 Å². The van der Waals surface area contributed by atoms with Crippen LogP contribution in [-0.4, -0.2) is 24.9 Å². The zero-order chi connectivity index (χ0) is 12.0. The van der Waals surface area contributed by atoms with Crippen LogP contribution in [0.4, 0.5) is 11.4 Å². The summed E-state index contributed by atoms with van der Waals surface area (Å²) in [5, 5.41) is 12.7. The Morgan fingerprint density at radius 1 is 1.44 bits per heavy atom. The third-order valence-corrected chi connectivity index (χ3v) is 2.33. The predicted molar refractivity (Wildman–Crippen MR) is 66.8 cm³/mol. The van der Waals surface area contributed by atoms with E-state index in [1.54, 1.807) is 13.2 Å². The van der Waals surface area contributed by atoms with E-state index in [1.165, 1.54) is 0 Å². The summed E-state index contributed by atoms with van der Waals surface area (Å²) in [4.78, 5) is 0. The first-order valence-electron chi connectivity index (χ1n) is 5.52. The molecule has 0 aliphatic rings. The van der Waals surface area contributed by atoms with E-state index in [9.17, 15) is 5.11 Å². The number of nitrogen functional groups attached to an aromatic ring is 1. The van der Waals surface area contributed by atoms with Gasteiger partial charge in [0, 0.05) is 30.1 Å². The molecule has 0 aliphatic carbocycles. The fraction of sp³-hybridized carbons (Fsp3) is 0.500. The second-order valence-corrected chi connectivity index (χ2v) is 3.82. The third kappa shape index (κ3) is 3.98. The van der Waals surface area contributed by atoms with Gasteiger partial charge in [0.1, 0.15) is 5.75 Å². The number of hydrogen-bond acceptors (Lipinski definition) is 4. The van der Waals surface area contributed by atoms with Crippen molar-refractivity contribution in [1.29, 1.82) is 0 Å². The Morgan fingerprint density at radius 2 is 2.19 bits per heavy atom. The minimum atomic E-state index is -0.322. The highest BCUT2D eigenvalue weighted by atomic mass is 16.5. The summed E-state index contributed by atoms with van der Waals surface area (Å²) in [5.41, 5.74) is 7.23. The van der Waals surface area contributed by atoms with Crippen LogP contribution in [-0.2, 0) is 0 Å². The van der Waals surface area contributed by atoms with Gasteiger partial charge in [-0.2, -0.15) is 0 Å². The van der Waals surface area contributed by atoms with Crippen molar-refractivity contribution in [3.63, 3.8) is 0 Å². The van der Waals surface area contributed by atoms with Crippen molar-refractivity contribution in [2.75, 3.05) is 24.7 Å². The number of anilines is 2. The number of ether oxygens (including phenoxy) is 1. The van der Waals surface area contributed by atoms with Crippen LogP contribution in [0.2, 0.25) is 0 Å². The van der Waals surface area contributed by atoms with E-state index in [1.807, 2.05) is 19.1 Å². The molecule has 1 rings (SSSR count). The second kappa shape index (κ2) is 6.23. The minimum Gasteiger partial charge on any atom is -0.497 e. The first-order chi connectivity index (χ1) is 7.65. The maximum Gasteiger partial charge on any atom is 0.122 e. The molecule has 0 fully saturated rings. The van der Waals surface area contributed by atoms with E-state index in [2.05, 4.69) is 5.32 Å². The maximum absolute atomic E-state index is 9.58. The lowest BCUT2D eigenvalue weighted by Gasteiger charge is -2.13. The SMILES string of the molecule is CCCC(O)CNc1cc(N)cc(OC)c1. The predicted octanol–water partition coefficient (Wildman–Crippen LogP) is 1.85. The van der Waals surface area contributed by atoms with Gasteiger partial charge in [0.05, 0.1) is 13.2 Å². The quantitative estimate of drug-likeness (QED) is 0.645. The Hall–Kier alpha value is -1.42. The van der Waals surface area contributed by atoms with Crippen molar-refractivity contribution in [1.82, 2.24) is 0 Å². The Labute approximate surface area is 96.4 Å². The summed E-state index contributed by atoms with van der Waals surface area (Å²) in [5.74, 6) is 0.715. The van der Waals surface area contributed by atoms with Crippen molar-refractivity contribution < 1.29 is 9.84 Å². The van der Waals surface area contributed by atoms with E-state index in [-0.39, 0.29) is 6.10 Å². The molecule has 0 heterocycles. The van der Waals surface area contributed by atoms with Gasteiger partial charge in [-0.25, -0.2) is 0 Å². The number of aliphatic hydroxyl groups excluding tert-OH is 1. The lowest BCUT2D eigenvalue weighted by Crippen LogP contribution is -2.19. The molecule has 0 aromatic heterocycles. The van der Waals surface area contributed by atoms with Gasteiger partial charge in [-0.15, -0.1) is 0 Å². The van der Waals surface area contributed by atoms with Crippen LogP contribution < -0.4 is 15.8 Å². The first-order valence-corrected chi connectivity index (χ1v) is 5.52. The summed E-state index contributed by atoms with van der Waals surface area (Å²) in [6.45, 7) is 2.58. The molecule has 1 atom stereocenters. The monoisotopic (exact) mass is 224 g/mol. The smallest absolute Gasteiger partial charge is 0.122 e. The molecule has 0 spiro atoms. The number of rotatable bonds is 6. The average molecular weight is 224 g/mol. The summed E-state index contributed by atoms with van der Waals surface area (Å²) in [7, 11) is 1.60. The van der Waals surface area contributed by atoms with E-state index in [0.29, 0.717) is 18.0 Å². The number of benzene rings is 1. The van der Waals surface area contributed by atoms with Crippen molar-refractivity contribution in [3.05, 3.63) is 18.2 Å². The number of hydrogen-bond donors (Lipinski definition) is 3. The van der Waals surface area contributed by atoms with Gasteiger partial charge in [-0.05, 0) is 12.5 Å². The van der Waals surface area contributed by atoms with Crippen molar-refractivity contribution in [2.45, 2.75) is 25.9 Å². The molecule has 4 heteroatoms. The van der Waals surface area contributed by atoms with Crippen LogP contribution in [0, 0.1) is 0 Å². The number of methoxy groups -OCH3 is 1. The Bertz CT molecular complexity index is 329. The first kappa shape index (κ1) is 12.6. The Morgan fingerprint density at radius 3 is 2.81 bits per heavy atom. The molecule has 0 radical (unpaired) electrons. The minimum absolute atomic E-state index is 0.322. The van der Waals surface area contributed by atoms with Gasteiger partial charge < -0.3 is 20.9 Å². The third-order valence-electron chi connectivity index (χ3n) is 2.33. The molecule has 0 saturated carbocycles. The molecule has 0 bridgehead atoms. The Balaban J connectivity index is 2.56. The number of nitrogens with two attached hydrogens (primary N) is 1. The van der Waals surface area contributed by atoms with Gasteiger partial charge in [-0.3, -0.25) is 0 Å². The molecule has 90 valence electrons. The molecule has 16 heavy (non-hydrogen) atoms. The normalized spacial score (nSPS) is 12.2. The van der Waals surface area contributed by atoms with Crippen LogP contribution >= 0.6 is 0 Å². The zero-order valence-corrected chi connectivity index (χ0v) is 9.86. The zero-order valence-electron chi connectivity index (χ0n) is 9.86. The fourth-order valence-electron chi connectivity index (χ4n) is 1.51. The lowest BCUT2D eigenvalue weighted by atomic mass is 10.2. The van der Waals surface area contributed by atoms with E-state index in [4.69, 9.17) is 10.5 Å². The molecule has 4 nitrogen and oxygen atoms in total. The summed E-state index contributed by atoms with van der Waals surface area (Å²) >= 11 is 0. The summed E-state index contributed by atoms with van der Waals surface area (Å²) in [6.07, 6.45) is 1.45. The Kier molecular flexibility index (Phi) is 4.92. The highest BCUT2D eigenvalue weighted by molar-refractivity contribution is 5.59. The van der Waals surface area contributed by atoms with Gasteiger partial charge in [0.2, 0.25) is 0 Å². The fourth-order valence-corrected chi connectivity index (χ4v) is 1.51. The highest BCUT2D eigenvalue weighted by Crippen LogP contribution is 2.22. The van der Waals surface area contributed by atoms with Gasteiger partial charge in [-0.1, -0.05) is 13.3 Å². The molecule has 0 saturated heterocycles. The second-order valence-electron chi connectivity index (χ2n) is 3.82. The van der Waals surface area contributed by atoms with Crippen LogP contribution in [0.1, 0.15) is 19.8 Å². The average Bonchev–Trinajstić information content (AvgIpc) is 2.26. The molecule has 1 unspecified atom stereocenters. The summed E-state index contributed by atoms with van der Waals surface area (Å²) in [6, 6.07) is 5.43. The van der Waals surface area contributed by atoms with E-state index in [0.717, 1.165) is 18.5 Å². The largest absolute Gasteiger partial charge is 0.497 e. The van der Waals surface area contributed by atoms with Crippen LogP contribution in [0.5, 0.6) is 5.75 Å². The molecule has 1 aromatic carbocycles. The van der Waals surface area contributed by atoms with Crippen LogP contribution in [0.25, 0.3) is 0 Å². The molecule has 0 aliphatic heterocycles. The summed E-state index contributed by atoms with van der Waals surface area (Å²) < 4.78 is 5.11. The molecule has 1 aromatic rings. The van der Waals surface area contributed by atoms with Crippen molar-refractivity contribution >= 4 is 11.4 Å². The lowest BCUT2D eigenvalue weighted by molar-refractivity contribution is 0.176. The number of aliphatic hydroxyl groups is 1. The highest BCUT2D eigenvalue weighted by Gasteiger charge is 2.03. The van der Waals surface area contributed by atoms with Crippen molar-refractivity contribution in [2.24, 2.45) is 0 Å². The van der Waals surface area contributed by atoms with Gasteiger partial charge >= 0.3 is 0 Å². The molecular weight excluding hydrogens is 204 g/mol. The standard InChI is InChI=1S/C12H20N2O2/c1-3-4-11(15)8-14-10-5-9(13)6-12(7-10)16-2/h5-7,11,14-15H,3-4,8,13H2,1-2H3. The molecular formula is C12H20N2O2. The molecule has 4 N–H and O–H groups in total. The van der Waals surface area contributed by atoms with Crippen LogP contribution in [0.15, 0.2) is 18.2 Å². The molecule has 0 amide bonds. The van der Waals surface area contributed by atoms with E-state index >= 15 is 0 Å². The van der Waals surface area contributed by atoms with E-state index < -0.39 is 0 Å². The van der Waals surface area contributed by atoms with Gasteiger partial charge in [0.15, 0.2) is 0 Å². The van der Waals surface area contributed by atoms with Crippen molar-refractivity contribution in [3.8, 4) is 5.75 Å².